The van der Waals surface area contributed by atoms with E-state index in [0.717, 1.165) is 18.2 Å². The molecule has 0 aliphatic rings. The molecule has 128 valence electrons. The minimum absolute atomic E-state index is 0.217. The minimum Gasteiger partial charge on any atom is -0.354 e. The van der Waals surface area contributed by atoms with E-state index >= 15 is 0 Å². The van der Waals surface area contributed by atoms with Crippen LogP contribution in [0.3, 0.4) is 0 Å². The van der Waals surface area contributed by atoms with Gasteiger partial charge in [0.1, 0.15) is 6.07 Å². The lowest BCUT2D eigenvalue weighted by molar-refractivity contribution is -0.111. The number of nitriles is 1. The monoisotopic (exact) mass is 350 g/mol. The summed E-state index contributed by atoms with van der Waals surface area (Å²) in [5, 5.41) is 15.4. The number of hydrogen-bond acceptors (Lipinski definition) is 4. The van der Waals surface area contributed by atoms with Crippen molar-refractivity contribution in [2.75, 3.05) is 10.6 Å². The Balaban J connectivity index is 2.12. The second kappa shape index (κ2) is 6.99. The molecule has 2 aromatic carbocycles. The van der Waals surface area contributed by atoms with Crippen LogP contribution in [-0.4, -0.2) is 10.9 Å². The number of carbonyl (C=O) groups excluding carboxylic acids is 1. The highest BCUT2D eigenvalue weighted by atomic mass is 19.2. The second-order valence-electron chi connectivity index (χ2n) is 5.34. The van der Waals surface area contributed by atoms with Crippen LogP contribution in [0.1, 0.15) is 5.56 Å². The summed E-state index contributed by atoms with van der Waals surface area (Å²) >= 11 is 0. The van der Waals surface area contributed by atoms with Crippen molar-refractivity contribution in [1.82, 2.24) is 4.98 Å². The molecule has 5 nitrogen and oxygen atoms in total. The fraction of sp³-hybridized carbons (Fsp3) is 0. The van der Waals surface area contributed by atoms with Crippen LogP contribution in [-0.2, 0) is 4.79 Å². The van der Waals surface area contributed by atoms with Gasteiger partial charge in [0, 0.05) is 29.0 Å². The molecule has 2 N–H and O–H groups in total. The van der Waals surface area contributed by atoms with Gasteiger partial charge in [0.25, 0.3) is 0 Å². The van der Waals surface area contributed by atoms with Crippen molar-refractivity contribution in [3.05, 3.63) is 72.4 Å². The molecular formula is C19H12F2N4O. The Bertz CT molecular complexity index is 1070. The molecule has 1 amide bonds. The zero-order valence-corrected chi connectivity index (χ0v) is 13.4. The number of aromatic nitrogens is 1. The van der Waals surface area contributed by atoms with Crippen molar-refractivity contribution >= 4 is 33.9 Å². The number of carbonyl (C=O) groups is 1. The van der Waals surface area contributed by atoms with Gasteiger partial charge >= 0.3 is 0 Å². The Labute approximate surface area is 147 Å². The van der Waals surface area contributed by atoms with Crippen molar-refractivity contribution in [3.8, 4) is 6.07 Å². The highest BCUT2D eigenvalue weighted by molar-refractivity contribution is 6.02. The predicted molar refractivity (Wildman–Crippen MR) is 94.9 cm³/mol. The van der Waals surface area contributed by atoms with Gasteiger partial charge in [-0.3, -0.25) is 9.78 Å². The fourth-order valence-electron chi connectivity index (χ4n) is 2.40. The number of hydrogen-bond donors (Lipinski definition) is 2. The van der Waals surface area contributed by atoms with E-state index in [1.54, 1.807) is 18.2 Å². The molecule has 0 bridgehead atoms. The van der Waals surface area contributed by atoms with Crippen LogP contribution in [0.5, 0.6) is 0 Å². The average Bonchev–Trinajstić information content (AvgIpc) is 2.65. The summed E-state index contributed by atoms with van der Waals surface area (Å²) < 4.78 is 26.6. The van der Waals surface area contributed by atoms with Crippen molar-refractivity contribution < 1.29 is 13.6 Å². The van der Waals surface area contributed by atoms with Crippen LogP contribution in [0, 0.1) is 23.0 Å². The topological polar surface area (TPSA) is 77.8 Å². The first kappa shape index (κ1) is 17.0. The highest BCUT2D eigenvalue weighted by Crippen LogP contribution is 2.31. The lowest BCUT2D eigenvalue weighted by Crippen LogP contribution is -2.07. The van der Waals surface area contributed by atoms with Crippen LogP contribution in [0.25, 0.3) is 10.9 Å². The Kier molecular flexibility index (Phi) is 4.58. The van der Waals surface area contributed by atoms with E-state index in [0.29, 0.717) is 22.3 Å². The number of anilines is 3. The SMILES string of the molecule is C=CC(=O)Nc1ccc2ncc(C#N)c(Nc3ccc(F)c(F)c3)c2c1. The van der Waals surface area contributed by atoms with Gasteiger partial charge in [-0.25, -0.2) is 8.78 Å². The Morgan fingerprint density at radius 3 is 2.62 bits per heavy atom. The molecule has 0 aliphatic carbocycles. The summed E-state index contributed by atoms with van der Waals surface area (Å²) in [5.41, 5.74) is 1.90. The van der Waals surface area contributed by atoms with Gasteiger partial charge < -0.3 is 10.6 Å². The van der Waals surface area contributed by atoms with E-state index in [2.05, 4.69) is 22.2 Å². The summed E-state index contributed by atoms with van der Waals surface area (Å²) in [5.74, 6) is -2.36. The standard InChI is InChI=1S/C19H12F2N4O/c1-2-18(26)24-12-4-6-17-14(7-12)19(11(9-22)10-23-17)25-13-3-5-15(20)16(21)8-13/h2-8,10H,1H2,(H,23,25)(H,24,26). The average molecular weight is 350 g/mol. The third kappa shape index (κ3) is 3.35. The fourth-order valence-corrected chi connectivity index (χ4v) is 2.40. The number of benzene rings is 2. The van der Waals surface area contributed by atoms with Crippen molar-refractivity contribution in [1.29, 1.82) is 5.26 Å². The third-order valence-electron chi connectivity index (χ3n) is 3.63. The van der Waals surface area contributed by atoms with Gasteiger partial charge in [-0.2, -0.15) is 5.26 Å². The van der Waals surface area contributed by atoms with Gasteiger partial charge in [0.15, 0.2) is 11.6 Å². The van der Waals surface area contributed by atoms with Gasteiger partial charge in [0.05, 0.1) is 16.8 Å². The lowest BCUT2D eigenvalue weighted by Gasteiger charge is -2.13. The van der Waals surface area contributed by atoms with E-state index in [9.17, 15) is 18.8 Å². The molecule has 0 aliphatic heterocycles. The summed E-state index contributed by atoms with van der Waals surface area (Å²) in [7, 11) is 0. The summed E-state index contributed by atoms with van der Waals surface area (Å²) in [6.45, 7) is 3.39. The van der Waals surface area contributed by atoms with Crippen molar-refractivity contribution in [2.45, 2.75) is 0 Å². The smallest absolute Gasteiger partial charge is 0.247 e. The Morgan fingerprint density at radius 1 is 1.15 bits per heavy atom. The number of halogens is 2. The molecule has 1 heterocycles. The van der Waals surface area contributed by atoms with Gasteiger partial charge in [-0.15, -0.1) is 0 Å². The number of nitrogens with zero attached hydrogens (tertiary/aromatic N) is 2. The first-order chi connectivity index (χ1) is 12.5. The number of amides is 1. The molecule has 0 unspecified atom stereocenters. The molecule has 1 aromatic heterocycles. The van der Waals surface area contributed by atoms with Crippen molar-refractivity contribution in [3.63, 3.8) is 0 Å². The van der Waals surface area contributed by atoms with Gasteiger partial charge in [0.2, 0.25) is 5.91 Å². The van der Waals surface area contributed by atoms with Crippen LogP contribution < -0.4 is 10.6 Å². The molecule has 3 rings (SSSR count). The Morgan fingerprint density at radius 2 is 1.92 bits per heavy atom. The largest absolute Gasteiger partial charge is 0.354 e. The quantitative estimate of drug-likeness (QED) is 0.690. The molecule has 0 radical (unpaired) electrons. The second-order valence-corrected chi connectivity index (χ2v) is 5.34. The first-order valence-corrected chi connectivity index (χ1v) is 7.50. The highest BCUT2D eigenvalue weighted by Gasteiger charge is 2.12. The number of fused-ring (bicyclic) bond motifs is 1. The van der Waals surface area contributed by atoms with Crippen LogP contribution in [0.2, 0.25) is 0 Å². The van der Waals surface area contributed by atoms with E-state index < -0.39 is 11.6 Å². The number of rotatable bonds is 4. The van der Waals surface area contributed by atoms with Crippen molar-refractivity contribution in [2.24, 2.45) is 0 Å². The zero-order chi connectivity index (χ0) is 18.7. The molecule has 3 aromatic rings. The molecule has 0 saturated heterocycles. The van der Waals surface area contributed by atoms with E-state index in [-0.39, 0.29) is 17.2 Å². The molecule has 7 heteroatoms. The van der Waals surface area contributed by atoms with Gasteiger partial charge in [-0.1, -0.05) is 6.58 Å². The number of nitrogens with one attached hydrogen (secondary N) is 2. The molecule has 0 fully saturated rings. The molecule has 0 saturated carbocycles. The minimum atomic E-state index is -1.01. The summed E-state index contributed by atoms with van der Waals surface area (Å²) in [4.78, 5) is 15.7. The lowest BCUT2D eigenvalue weighted by atomic mass is 10.1. The van der Waals surface area contributed by atoms with Crippen LogP contribution >= 0.6 is 0 Å². The van der Waals surface area contributed by atoms with Crippen LogP contribution in [0.4, 0.5) is 25.8 Å². The van der Waals surface area contributed by atoms with E-state index in [1.165, 1.54) is 12.3 Å². The summed E-state index contributed by atoms with van der Waals surface area (Å²) in [6, 6.07) is 10.3. The third-order valence-corrected chi connectivity index (χ3v) is 3.63. The van der Waals surface area contributed by atoms with Crippen LogP contribution in [0.15, 0.2) is 55.3 Å². The molecule has 0 spiro atoms. The maximum Gasteiger partial charge on any atom is 0.247 e. The molecule has 0 atom stereocenters. The maximum absolute atomic E-state index is 13.5. The normalized spacial score (nSPS) is 10.2. The van der Waals surface area contributed by atoms with Gasteiger partial charge in [-0.05, 0) is 36.4 Å². The summed E-state index contributed by atoms with van der Waals surface area (Å²) in [6.07, 6.45) is 2.52. The maximum atomic E-state index is 13.5. The zero-order valence-electron chi connectivity index (χ0n) is 13.4. The number of pyridine rings is 1. The Hall–Kier alpha value is -3.79. The van der Waals surface area contributed by atoms with E-state index in [1.807, 2.05) is 6.07 Å². The molecule has 26 heavy (non-hydrogen) atoms. The first-order valence-electron chi connectivity index (χ1n) is 7.50. The molecular weight excluding hydrogens is 338 g/mol. The predicted octanol–water partition coefficient (Wildman–Crippen LogP) is 4.25. The van der Waals surface area contributed by atoms with E-state index in [4.69, 9.17) is 0 Å².